The molecule has 1 aromatic heterocycles. The number of pyridine rings is 1. The van der Waals surface area contributed by atoms with Gasteiger partial charge in [0.05, 0.1) is 10.7 Å². The maximum absolute atomic E-state index is 12.3. The van der Waals surface area contributed by atoms with E-state index in [0.717, 1.165) is 4.90 Å². The normalized spacial score (nSPS) is 14.4. The zero-order valence-corrected chi connectivity index (χ0v) is 14.4. The summed E-state index contributed by atoms with van der Waals surface area (Å²) in [6, 6.07) is 13.0. The lowest BCUT2D eigenvalue weighted by Crippen LogP contribution is -2.49. The molecule has 0 atom stereocenters. The molecular weight excluding hydrogens is 340 g/mol. The fourth-order valence-corrected chi connectivity index (χ4v) is 3.43. The number of carbonyl (C=O) groups is 1. The Hall–Kier alpha value is -2.61. The largest absolute Gasteiger partial charge is 0.353 e. The molecule has 1 saturated heterocycles. The van der Waals surface area contributed by atoms with Gasteiger partial charge in [0.1, 0.15) is 12.0 Å². The molecule has 2 aromatic rings. The van der Waals surface area contributed by atoms with Crippen molar-refractivity contribution in [2.75, 3.05) is 36.8 Å². The van der Waals surface area contributed by atoms with E-state index in [1.165, 1.54) is 12.3 Å². The van der Waals surface area contributed by atoms with Gasteiger partial charge in [-0.15, -0.1) is 11.8 Å². The predicted molar refractivity (Wildman–Crippen MR) is 96.9 cm³/mol. The summed E-state index contributed by atoms with van der Waals surface area (Å²) in [5.74, 6) is 1.27. The van der Waals surface area contributed by atoms with E-state index >= 15 is 0 Å². The molecule has 0 radical (unpaired) electrons. The summed E-state index contributed by atoms with van der Waals surface area (Å²) in [5, 5.41) is 10.7. The van der Waals surface area contributed by atoms with Crippen LogP contribution in [0.3, 0.4) is 0 Å². The van der Waals surface area contributed by atoms with Gasteiger partial charge in [-0.1, -0.05) is 18.2 Å². The monoisotopic (exact) mass is 358 g/mol. The third-order valence-electron chi connectivity index (χ3n) is 4.00. The summed E-state index contributed by atoms with van der Waals surface area (Å²) in [6.07, 6.45) is 1.27. The second-order valence-electron chi connectivity index (χ2n) is 5.60. The van der Waals surface area contributed by atoms with Crippen LogP contribution < -0.4 is 4.90 Å². The van der Waals surface area contributed by atoms with E-state index in [1.54, 1.807) is 17.8 Å². The van der Waals surface area contributed by atoms with Crippen LogP contribution in [0.15, 0.2) is 53.6 Å². The van der Waals surface area contributed by atoms with Crippen LogP contribution in [0.25, 0.3) is 0 Å². The molecule has 3 rings (SSSR count). The van der Waals surface area contributed by atoms with E-state index in [4.69, 9.17) is 0 Å². The molecule has 2 heterocycles. The van der Waals surface area contributed by atoms with Crippen LogP contribution in [-0.4, -0.2) is 52.6 Å². The van der Waals surface area contributed by atoms with Crippen molar-refractivity contribution in [3.8, 4) is 0 Å². The zero-order chi connectivity index (χ0) is 17.6. The minimum absolute atomic E-state index is 0.0181. The summed E-state index contributed by atoms with van der Waals surface area (Å²) in [5.41, 5.74) is -0.0181. The zero-order valence-electron chi connectivity index (χ0n) is 13.6. The van der Waals surface area contributed by atoms with Crippen LogP contribution in [-0.2, 0) is 4.79 Å². The number of amides is 1. The highest BCUT2D eigenvalue weighted by Crippen LogP contribution is 2.20. The Morgan fingerprint density at radius 2 is 1.84 bits per heavy atom. The van der Waals surface area contributed by atoms with Crippen molar-refractivity contribution in [2.24, 2.45) is 0 Å². The lowest BCUT2D eigenvalue weighted by Gasteiger charge is -2.35. The maximum Gasteiger partial charge on any atom is 0.287 e. The van der Waals surface area contributed by atoms with Crippen LogP contribution in [0, 0.1) is 10.1 Å². The van der Waals surface area contributed by atoms with Gasteiger partial charge in [-0.25, -0.2) is 4.98 Å². The number of thioether (sulfide) groups is 1. The molecule has 130 valence electrons. The van der Waals surface area contributed by atoms with Crippen molar-refractivity contribution in [2.45, 2.75) is 4.90 Å². The number of piperazine rings is 1. The van der Waals surface area contributed by atoms with Crippen LogP contribution in [0.5, 0.6) is 0 Å². The molecule has 25 heavy (non-hydrogen) atoms. The third kappa shape index (κ3) is 4.48. The summed E-state index contributed by atoms with van der Waals surface area (Å²) >= 11 is 1.54. The molecule has 0 aliphatic carbocycles. The molecule has 0 bridgehead atoms. The van der Waals surface area contributed by atoms with Gasteiger partial charge in [-0.3, -0.25) is 14.9 Å². The Morgan fingerprint density at radius 3 is 2.44 bits per heavy atom. The van der Waals surface area contributed by atoms with Crippen LogP contribution in [0.2, 0.25) is 0 Å². The molecule has 0 saturated carbocycles. The number of anilines is 1. The molecule has 1 aromatic carbocycles. The van der Waals surface area contributed by atoms with Crippen LogP contribution in [0.1, 0.15) is 0 Å². The highest BCUT2D eigenvalue weighted by molar-refractivity contribution is 8.00. The molecule has 1 fully saturated rings. The Morgan fingerprint density at radius 1 is 1.12 bits per heavy atom. The fourth-order valence-electron chi connectivity index (χ4n) is 2.61. The molecular formula is C17H18N4O3S. The van der Waals surface area contributed by atoms with E-state index in [-0.39, 0.29) is 11.6 Å². The van der Waals surface area contributed by atoms with Crippen molar-refractivity contribution in [1.29, 1.82) is 0 Å². The first kappa shape index (κ1) is 17.2. The minimum atomic E-state index is -0.461. The highest BCUT2D eigenvalue weighted by atomic mass is 32.2. The van der Waals surface area contributed by atoms with Gasteiger partial charge in [0, 0.05) is 37.1 Å². The average molecular weight is 358 g/mol. The van der Waals surface area contributed by atoms with Crippen LogP contribution >= 0.6 is 11.8 Å². The van der Waals surface area contributed by atoms with Gasteiger partial charge >= 0.3 is 0 Å². The van der Waals surface area contributed by atoms with Gasteiger partial charge in [-0.05, 0) is 18.2 Å². The third-order valence-corrected chi connectivity index (χ3v) is 5.00. The average Bonchev–Trinajstić information content (AvgIpc) is 2.67. The maximum atomic E-state index is 12.3. The molecule has 0 spiro atoms. The van der Waals surface area contributed by atoms with E-state index in [1.807, 2.05) is 40.1 Å². The molecule has 1 aliphatic heterocycles. The molecule has 8 heteroatoms. The summed E-state index contributed by atoms with van der Waals surface area (Å²) in [7, 11) is 0. The number of rotatable bonds is 5. The Bertz CT molecular complexity index is 731. The SMILES string of the molecule is O=C(CSc1ccccc1)N1CCN(c2ccc([N+](=O)[O-])cn2)CC1. The van der Waals surface area contributed by atoms with E-state index < -0.39 is 4.92 Å². The van der Waals surface area contributed by atoms with Crippen molar-refractivity contribution in [3.05, 3.63) is 58.8 Å². The first-order valence-corrected chi connectivity index (χ1v) is 8.93. The molecule has 7 nitrogen and oxygen atoms in total. The quantitative estimate of drug-likeness (QED) is 0.464. The number of aromatic nitrogens is 1. The van der Waals surface area contributed by atoms with Crippen molar-refractivity contribution in [1.82, 2.24) is 9.88 Å². The lowest BCUT2D eigenvalue weighted by atomic mass is 10.3. The standard InChI is InChI=1S/C17H18N4O3S/c22-17(13-25-15-4-2-1-3-5-15)20-10-8-19(9-11-20)16-7-6-14(12-18-16)21(23)24/h1-7,12H,8-11,13H2. The number of nitrogens with zero attached hydrogens (tertiary/aromatic N) is 4. The van der Waals surface area contributed by atoms with Gasteiger partial charge < -0.3 is 9.80 Å². The van der Waals surface area contributed by atoms with E-state index in [0.29, 0.717) is 37.7 Å². The Kier molecular flexibility index (Phi) is 5.49. The van der Waals surface area contributed by atoms with Gasteiger partial charge in [0.15, 0.2) is 0 Å². The van der Waals surface area contributed by atoms with Gasteiger partial charge in [0.2, 0.25) is 5.91 Å². The number of nitro groups is 1. The predicted octanol–water partition coefficient (Wildman–Crippen LogP) is 2.43. The molecule has 0 unspecified atom stereocenters. The number of hydrogen-bond acceptors (Lipinski definition) is 6. The molecule has 1 aliphatic rings. The second kappa shape index (κ2) is 7.98. The van der Waals surface area contributed by atoms with Gasteiger partial charge in [-0.2, -0.15) is 0 Å². The minimum Gasteiger partial charge on any atom is -0.353 e. The van der Waals surface area contributed by atoms with Crippen molar-refractivity contribution in [3.63, 3.8) is 0 Å². The highest BCUT2D eigenvalue weighted by Gasteiger charge is 2.22. The molecule has 0 N–H and O–H groups in total. The number of hydrogen-bond donors (Lipinski definition) is 0. The van der Waals surface area contributed by atoms with Crippen LogP contribution in [0.4, 0.5) is 11.5 Å². The van der Waals surface area contributed by atoms with Gasteiger partial charge in [0.25, 0.3) is 5.69 Å². The van der Waals surface area contributed by atoms with Crippen molar-refractivity contribution < 1.29 is 9.72 Å². The number of carbonyl (C=O) groups excluding carboxylic acids is 1. The van der Waals surface area contributed by atoms with E-state index in [9.17, 15) is 14.9 Å². The first-order valence-electron chi connectivity index (χ1n) is 7.94. The Balaban J connectivity index is 1.49. The fraction of sp³-hybridized carbons (Fsp3) is 0.294. The summed E-state index contributed by atoms with van der Waals surface area (Å²) in [4.78, 5) is 31.7. The second-order valence-corrected chi connectivity index (χ2v) is 6.65. The topological polar surface area (TPSA) is 79.6 Å². The smallest absolute Gasteiger partial charge is 0.287 e. The van der Waals surface area contributed by atoms with E-state index in [2.05, 4.69) is 4.98 Å². The number of benzene rings is 1. The molecule has 1 amide bonds. The summed E-state index contributed by atoms with van der Waals surface area (Å²) in [6.45, 7) is 2.61. The summed E-state index contributed by atoms with van der Waals surface area (Å²) < 4.78 is 0. The van der Waals surface area contributed by atoms with Crippen molar-refractivity contribution >= 4 is 29.2 Å². The Labute approximate surface area is 149 Å². The lowest BCUT2D eigenvalue weighted by molar-refractivity contribution is -0.385. The first-order chi connectivity index (χ1) is 12.1.